The molecule has 0 unspecified atom stereocenters. The smallest absolute Gasteiger partial charge is 0.271 e. The van der Waals surface area contributed by atoms with Gasteiger partial charge in [-0.1, -0.05) is 0 Å². The van der Waals surface area contributed by atoms with Gasteiger partial charge >= 0.3 is 0 Å². The highest BCUT2D eigenvalue weighted by atomic mass is 32.1. The number of thiophene rings is 1. The second-order valence-electron chi connectivity index (χ2n) is 3.79. The number of hydrogen-bond donors (Lipinski definition) is 0. The second-order valence-corrected chi connectivity index (χ2v) is 4.67. The SMILES string of the molecule is CC(=O)CCn1cnc2c(C)csc2c1=O. The molecule has 2 aromatic rings. The van der Waals surface area contributed by atoms with Crippen molar-refractivity contribution in [3.05, 3.63) is 27.6 Å². The lowest BCUT2D eigenvalue weighted by molar-refractivity contribution is -0.117. The summed E-state index contributed by atoms with van der Waals surface area (Å²) >= 11 is 1.41. The summed E-state index contributed by atoms with van der Waals surface area (Å²) in [5.74, 6) is 0.0781. The molecule has 0 aliphatic carbocycles. The van der Waals surface area contributed by atoms with Gasteiger partial charge in [-0.2, -0.15) is 0 Å². The first-order valence-corrected chi connectivity index (χ1v) is 5.90. The van der Waals surface area contributed by atoms with Crippen molar-refractivity contribution in [1.29, 1.82) is 0 Å². The third-order valence-corrected chi connectivity index (χ3v) is 3.50. The Morgan fingerprint density at radius 2 is 2.31 bits per heavy atom. The van der Waals surface area contributed by atoms with Crippen LogP contribution in [0.4, 0.5) is 0 Å². The Hall–Kier alpha value is -1.49. The van der Waals surface area contributed by atoms with Crippen LogP contribution in [-0.4, -0.2) is 15.3 Å². The summed E-state index contributed by atoms with van der Waals surface area (Å²) < 4.78 is 2.17. The monoisotopic (exact) mass is 236 g/mol. The maximum Gasteiger partial charge on any atom is 0.271 e. The standard InChI is InChI=1S/C11H12N2O2S/c1-7-5-16-10-9(7)12-6-13(11(10)15)4-3-8(2)14/h5-6H,3-4H2,1-2H3. The van der Waals surface area contributed by atoms with Crippen molar-refractivity contribution in [3.63, 3.8) is 0 Å². The Kier molecular flexibility index (Phi) is 2.87. The number of fused-ring (bicyclic) bond motifs is 1. The molecule has 0 radical (unpaired) electrons. The Morgan fingerprint density at radius 1 is 1.56 bits per heavy atom. The molecule has 0 bridgehead atoms. The maximum atomic E-state index is 12.0. The molecule has 0 aliphatic heterocycles. The number of hydrogen-bond acceptors (Lipinski definition) is 4. The van der Waals surface area contributed by atoms with Gasteiger partial charge in [-0.05, 0) is 24.8 Å². The maximum absolute atomic E-state index is 12.0. The van der Waals surface area contributed by atoms with Crippen LogP contribution in [0.1, 0.15) is 18.9 Å². The average molecular weight is 236 g/mol. The van der Waals surface area contributed by atoms with Gasteiger partial charge in [0, 0.05) is 13.0 Å². The number of aromatic nitrogens is 2. The molecule has 5 heteroatoms. The molecule has 0 spiro atoms. The van der Waals surface area contributed by atoms with E-state index in [-0.39, 0.29) is 11.3 Å². The fourth-order valence-corrected chi connectivity index (χ4v) is 2.45. The van der Waals surface area contributed by atoms with E-state index >= 15 is 0 Å². The Bertz CT molecular complexity index is 598. The van der Waals surface area contributed by atoms with E-state index in [1.165, 1.54) is 29.2 Å². The molecule has 84 valence electrons. The van der Waals surface area contributed by atoms with Crippen LogP contribution < -0.4 is 5.56 Å². The summed E-state index contributed by atoms with van der Waals surface area (Å²) in [4.78, 5) is 27.1. The van der Waals surface area contributed by atoms with E-state index in [0.717, 1.165) is 11.1 Å². The highest BCUT2D eigenvalue weighted by molar-refractivity contribution is 7.17. The largest absolute Gasteiger partial charge is 0.300 e. The lowest BCUT2D eigenvalue weighted by atomic mass is 10.3. The lowest BCUT2D eigenvalue weighted by Crippen LogP contribution is -2.20. The van der Waals surface area contributed by atoms with Gasteiger partial charge in [-0.15, -0.1) is 11.3 Å². The first kappa shape index (κ1) is 11.0. The first-order chi connectivity index (χ1) is 7.59. The summed E-state index contributed by atoms with van der Waals surface area (Å²) in [5.41, 5.74) is 1.74. The van der Waals surface area contributed by atoms with E-state index in [2.05, 4.69) is 4.98 Å². The Balaban J connectivity index is 2.45. The van der Waals surface area contributed by atoms with E-state index < -0.39 is 0 Å². The summed E-state index contributed by atoms with van der Waals surface area (Å²) in [7, 11) is 0. The molecule has 0 fully saturated rings. The molecule has 0 aliphatic rings. The topological polar surface area (TPSA) is 52.0 Å². The van der Waals surface area contributed by atoms with Crippen molar-refractivity contribution < 1.29 is 4.79 Å². The van der Waals surface area contributed by atoms with Gasteiger partial charge in [0.25, 0.3) is 5.56 Å². The molecule has 0 saturated heterocycles. The molecule has 2 aromatic heterocycles. The van der Waals surface area contributed by atoms with E-state index in [1.54, 1.807) is 0 Å². The van der Waals surface area contributed by atoms with E-state index in [1.807, 2.05) is 12.3 Å². The van der Waals surface area contributed by atoms with E-state index in [0.29, 0.717) is 17.7 Å². The highest BCUT2D eigenvalue weighted by Crippen LogP contribution is 2.19. The number of aryl methyl sites for hydroxylation is 2. The zero-order valence-corrected chi connectivity index (χ0v) is 10.0. The van der Waals surface area contributed by atoms with Crippen LogP contribution in [0, 0.1) is 6.92 Å². The van der Waals surface area contributed by atoms with Crippen molar-refractivity contribution >= 4 is 27.3 Å². The minimum Gasteiger partial charge on any atom is -0.300 e. The van der Waals surface area contributed by atoms with Crippen LogP contribution in [0.15, 0.2) is 16.5 Å². The molecule has 2 rings (SSSR count). The van der Waals surface area contributed by atoms with Gasteiger partial charge in [0.15, 0.2) is 0 Å². The molecule has 0 saturated carbocycles. The van der Waals surface area contributed by atoms with Gasteiger partial charge in [0.2, 0.25) is 0 Å². The number of carbonyl (C=O) groups is 1. The van der Waals surface area contributed by atoms with E-state index in [9.17, 15) is 9.59 Å². The summed E-state index contributed by atoms with van der Waals surface area (Å²) in [6.45, 7) is 3.87. The minimum absolute atomic E-state index is 0.0515. The number of Topliss-reactive ketones (excluding diaryl/α,β-unsaturated/α-hetero) is 1. The van der Waals surface area contributed by atoms with Crippen molar-refractivity contribution in [2.45, 2.75) is 26.8 Å². The van der Waals surface area contributed by atoms with Crippen molar-refractivity contribution in [3.8, 4) is 0 Å². The van der Waals surface area contributed by atoms with Crippen LogP contribution in [-0.2, 0) is 11.3 Å². The number of carbonyl (C=O) groups excluding carboxylic acids is 1. The number of rotatable bonds is 3. The molecule has 4 nitrogen and oxygen atoms in total. The van der Waals surface area contributed by atoms with Crippen LogP contribution in [0.2, 0.25) is 0 Å². The fourth-order valence-electron chi connectivity index (χ4n) is 1.50. The summed E-state index contributed by atoms with van der Waals surface area (Å²) in [6.07, 6.45) is 1.89. The van der Waals surface area contributed by atoms with Crippen LogP contribution in [0.25, 0.3) is 10.2 Å². The Morgan fingerprint density at radius 3 is 3.00 bits per heavy atom. The predicted molar refractivity (Wildman–Crippen MR) is 63.9 cm³/mol. The van der Waals surface area contributed by atoms with Gasteiger partial charge in [0.05, 0.1) is 11.8 Å². The molecular weight excluding hydrogens is 224 g/mol. The Labute approximate surface area is 96.6 Å². The van der Waals surface area contributed by atoms with Crippen LogP contribution >= 0.6 is 11.3 Å². The zero-order chi connectivity index (χ0) is 11.7. The molecule has 2 heterocycles. The van der Waals surface area contributed by atoms with Crippen molar-refractivity contribution in [2.24, 2.45) is 0 Å². The third-order valence-electron chi connectivity index (χ3n) is 2.43. The van der Waals surface area contributed by atoms with Gasteiger partial charge < -0.3 is 0 Å². The van der Waals surface area contributed by atoms with Crippen molar-refractivity contribution in [2.75, 3.05) is 0 Å². The lowest BCUT2D eigenvalue weighted by Gasteiger charge is -2.02. The summed E-state index contributed by atoms with van der Waals surface area (Å²) in [6, 6.07) is 0. The van der Waals surface area contributed by atoms with Crippen LogP contribution in [0.5, 0.6) is 0 Å². The average Bonchev–Trinajstić information content (AvgIpc) is 2.60. The predicted octanol–water partition coefficient (Wildman–Crippen LogP) is 1.75. The first-order valence-electron chi connectivity index (χ1n) is 5.02. The van der Waals surface area contributed by atoms with Gasteiger partial charge in [-0.25, -0.2) is 4.98 Å². The van der Waals surface area contributed by atoms with Crippen LogP contribution in [0.3, 0.4) is 0 Å². The molecular formula is C11H12N2O2S. The normalized spacial score (nSPS) is 10.9. The van der Waals surface area contributed by atoms with E-state index in [4.69, 9.17) is 0 Å². The minimum atomic E-state index is -0.0515. The van der Waals surface area contributed by atoms with Gasteiger partial charge in [-0.3, -0.25) is 14.2 Å². The molecule has 0 atom stereocenters. The molecule has 0 aromatic carbocycles. The number of ketones is 1. The fraction of sp³-hybridized carbons (Fsp3) is 0.364. The highest BCUT2D eigenvalue weighted by Gasteiger charge is 2.08. The zero-order valence-electron chi connectivity index (χ0n) is 9.19. The molecule has 0 N–H and O–H groups in total. The van der Waals surface area contributed by atoms with Gasteiger partial charge in [0.1, 0.15) is 10.5 Å². The molecule has 16 heavy (non-hydrogen) atoms. The van der Waals surface area contributed by atoms with Crippen molar-refractivity contribution in [1.82, 2.24) is 9.55 Å². The third kappa shape index (κ3) is 1.90. The summed E-state index contributed by atoms with van der Waals surface area (Å²) in [5, 5.41) is 1.92. The quantitative estimate of drug-likeness (QED) is 0.815. The number of nitrogens with zero attached hydrogens (tertiary/aromatic N) is 2. The molecule has 0 amide bonds. The second kappa shape index (κ2) is 4.17.